The van der Waals surface area contributed by atoms with Crippen molar-refractivity contribution in [2.75, 3.05) is 13.1 Å². The average molecular weight is 343 g/mol. The molecule has 5 heteroatoms. The summed E-state index contributed by atoms with van der Waals surface area (Å²) >= 11 is 0. The molecule has 0 radical (unpaired) electrons. The molecule has 1 N–H and O–H groups in total. The van der Waals surface area contributed by atoms with Gasteiger partial charge in [-0.05, 0) is 51.1 Å². The van der Waals surface area contributed by atoms with E-state index < -0.39 is 6.10 Å². The molecule has 2 aliphatic rings. The summed E-state index contributed by atoms with van der Waals surface area (Å²) in [5.41, 5.74) is 3.01. The minimum Gasteiger partial charge on any atom is -0.387 e. The van der Waals surface area contributed by atoms with Gasteiger partial charge in [0.1, 0.15) is 11.6 Å². The predicted molar refractivity (Wildman–Crippen MR) is 94.8 cm³/mol. The summed E-state index contributed by atoms with van der Waals surface area (Å²) in [5.74, 6) is 0.781. The van der Waals surface area contributed by atoms with Crippen molar-refractivity contribution >= 4 is 0 Å². The van der Waals surface area contributed by atoms with Crippen molar-refractivity contribution in [3.63, 3.8) is 0 Å². The Morgan fingerprint density at radius 2 is 2.04 bits per heavy atom. The minimum absolute atomic E-state index is 0.219. The van der Waals surface area contributed by atoms with E-state index in [-0.39, 0.29) is 11.9 Å². The second kappa shape index (κ2) is 6.89. The van der Waals surface area contributed by atoms with E-state index in [0.29, 0.717) is 12.1 Å². The molecule has 25 heavy (non-hydrogen) atoms. The van der Waals surface area contributed by atoms with E-state index in [9.17, 15) is 9.50 Å². The maximum Gasteiger partial charge on any atom is 0.129 e. The van der Waals surface area contributed by atoms with Crippen molar-refractivity contribution in [2.45, 2.75) is 50.7 Å². The van der Waals surface area contributed by atoms with Crippen LogP contribution in [0.2, 0.25) is 0 Å². The number of rotatable bonds is 4. The molecule has 2 atom stereocenters. The molecule has 2 aromatic rings. The molecule has 0 saturated carbocycles. The fraction of sp³-hybridized carbons (Fsp3) is 0.550. The third kappa shape index (κ3) is 3.11. The number of aliphatic hydroxyl groups is 1. The summed E-state index contributed by atoms with van der Waals surface area (Å²) in [6.07, 6.45) is 5.99. The van der Waals surface area contributed by atoms with E-state index in [1.807, 2.05) is 0 Å². The molecule has 0 bridgehead atoms. The fourth-order valence-corrected chi connectivity index (χ4v) is 4.41. The zero-order valence-corrected chi connectivity index (χ0v) is 14.8. The van der Waals surface area contributed by atoms with Crippen molar-refractivity contribution in [2.24, 2.45) is 7.05 Å². The summed E-state index contributed by atoms with van der Waals surface area (Å²) < 4.78 is 16.2. The lowest BCUT2D eigenvalue weighted by atomic mass is 10.0. The lowest BCUT2D eigenvalue weighted by Gasteiger charge is -2.27. The number of β-amino-alcohol motifs (C(OH)–C–C–N with tert-alkyl or cyclic N) is 1. The van der Waals surface area contributed by atoms with Gasteiger partial charge in [0.25, 0.3) is 0 Å². The number of aliphatic hydroxyl groups excluding tert-OH is 1. The van der Waals surface area contributed by atoms with Gasteiger partial charge in [0.05, 0.1) is 17.8 Å². The first-order valence-electron chi connectivity index (χ1n) is 9.36. The van der Waals surface area contributed by atoms with Crippen LogP contribution in [0.5, 0.6) is 0 Å². The number of nitrogens with zero attached hydrogens (tertiary/aromatic N) is 3. The molecule has 0 spiro atoms. The third-order valence-corrected chi connectivity index (χ3v) is 5.74. The lowest BCUT2D eigenvalue weighted by Crippen LogP contribution is -2.30. The number of aryl methyl sites for hydroxylation is 1. The average Bonchev–Trinajstić information content (AvgIpc) is 3.20. The van der Waals surface area contributed by atoms with Crippen LogP contribution in [0.4, 0.5) is 4.39 Å². The summed E-state index contributed by atoms with van der Waals surface area (Å²) in [6, 6.07) is 6.73. The summed E-state index contributed by atoms with van der Waals surface area (Å²) in [7, 11) is 2.12. The van der Waals surface area contributed by atoms with E-state index >= 15 is 0 Å². The van der Waals surface area contributed by atoms with Gasteiger partial charge in [-0.1, -0.05) is 18.2 Å². The molecule has 1 aromatic heterocycles. The van der Waals surface area contributed by atoms with Crippen LogP contribution < -0.4 is 0 Å². The number of hydrogen-bond donors (Lipinski definition) is 1. The monoisotopic (exact) mass is 343 g/mol. The van der Waals surface area contributed by atoms with Gasteiger partial charge >= 0.3 is 0 Å². The number of likely N-dealkylation sites (tertiary alicyclic amines) is 1. The molecular formula is C20H26FN3O. The topological polar surface area (TPSA) is 41.3 Å². The number of halogens is 1. The van der Waals surface area contributed by atoms with E-state index in [4.69, 9.17) is 4.98 Å². The molecule has 0 amide bonds. The SMILES string of the molecule is Cn1c(C2CCCN2CC(O)c2ccccc2F)nc2c1CCCC2. The summed E-state index contributed by atoms with van der Waals surface area (Å²) in [4.78, 5) is 7.21. The maximum atomic E-state index is 14.0. The first-order valence-corrected chi connectivity index (χ1v) is 9.36. The van der Waals surface area contributed by atoms with E-state index in [0.717, 1.165) is 38.1 Å². The Bertz CT molecular complexity index is 757. The fourth-order valence-electron chi connectivity index (χ4n) is 4.41. The molecule has 1 aliphatic carbocycles. The van der Waals surface area contributed by atoms with Crippen LogP contribution in [0.3, 0.4) is 0 Å². The Hall–Kier alpha value is -1.72. The second-order valence-electron chi connectivity index (χ2n) is 7.32. The van der Waals surface area contributed by atoms with E-state index in [1.165, 1.54) is 30.3 Å². The molecule has 134 valence electrons. The van der Waals surface area contributed by atoms with Gasteiger partial charge in [0.15, 0.2) is 0 Å². The Morgan fingerprint density at radius 1 is 1.24 bits per heavy atom. The van der Waals surface area contributed by atoms with E-state index in [1.54, 1.807) is 18.2 Å². The third-order valence-electron chi connectivity index (χ3n) is 5.74. The van der Waals surface area contributed by atoms with E-state index in [2.05, 4.69) is 16.5 Å². The molecule has 2 unspecified atom stereocenters. The minimum atomic E-state index is -0.809. The lowest BCUT2D eigenvalue weighted by molar-refractivity contribution is 0.101. The molecule has 4 rings (SSSR count). The Morgan fingerprint density at radius 3 is 2.84 bits per heavy atom. The van der Waals surface area contributed by atoms with Crippen molar-refractivity contribution in [3.05, 3.63) is 52.9 Å². The van der Waals surface area contributed by atoms with Gasteiger partial charge in [-0.2, -0.15) is 0 Å². The van der Waals surface area contributed by atoms with Crippen LogP contribution in [-0.2, 0) is 19.9 Å². The van der Waals surface area contributed by atoms with Gasteiger partial charge in [-0.3, -0.25) is 4.90 Å². The summed E-state index contributed by atoms with van der Waals surface area (Å²) in [6.45, 7) is 1.37. The highest BCUT2D eigenvalue weighted by atomic mass is 19.1. The number of imidazole rings is 1. The van der Waals surface area contributed by atoms with Crippen LogP contribution in [0.15, 0.2) is 24.3 Å². The molecule has 1 fully saturated rings. The zero-order valence-electron chi connectivity index (χ0n) is 14.8. The van der Waals surface area contributed by atoms with Crippen LogP contribution >= 0.6 is 0 Å². The predicted octanol–water partition coefficient (Wildman–Crippen LogP) is 3.31. The Balaban J connectivity index is 1.55. The molecule has 1 aliphatic heterocycles. The van der Waals surface area contributed by atoms with Gasteiger partial charge in [0.2, 0.25) is 0 Å². The Labute approximate surface area is 148 Å². The Kier molecular flexibility index (Phi) is 4.61. The van der Waals surface area contributed by atoms with Crippen LogP contribution in [0, 0.1) is 5.82 Å². The van der Waals surface area contributed by atoms with Crippen molar-refractivity contribution in [3.8, 4) is 0 Å². The van der Waals surface area contributed by atoms with Crippen molar-refractivity contribution < 1.29 is 9.50 Å². The molecular weight excluding hydrogens is 317 g/mol. The van der Waals surface area contributed by atoms with Gasteiger partial charge in [0, 0.05) is 24.8 Å². The normalized spacial score (nSPS) is 22.1. The van der Waals surface area contributed by atoms with Crippen LogP contribution in [0.25, 0.3) is 0 Å². The first kappa shape index (κ1) is 16.7. The summed E-state index contributed by atoms with van der Waals surface area (Å²) in [5, 5.41) is 10.5. The quantitative estimate of drug-likeness (QED) is 0.926. The van der Waals surface area contributed by atoms with Gasteiger partial charge < -0.3 is 9.67 Å². The standard InChI is InChI=1S/C20H26FN3O/c1-23-17-10-5-4-9-16(17)22-20(23)18-11-6-12-24(18)13-19(25)14-7-2-3-8-15(14)21/h2-3,7-8,18-19,25H,4-6,9-13H2,1H3. The van der Waals surface area contributed by atoms with Crippen molar-refractivity contribution in [1.29, 1.82) is 0 Å². The van der Waals surface area contributed by atoms with Crippen LogP contribution in [0.1, 0.15) is 60.6 Å². The van der Waals surface area contributed by atoms with Gasteiger partial charge in [-0.25, -0.2) is 9.37 Å². The number of fused-ring (bicyclic) bond motifs is 1. The molecule has 1 saturated heterocycles. The zero-order chi connectivity index (χ0) is 17.4. The molecule has 2 heterocycles. The smallest absolute Gasteiger partial charge is 0.129 e. The van der Waals surface area contributed by atoms with Crippen LogP contribution in [-0.4, -0.2) is 32.6 Å². The first-order chi connectivity index (χ1) is 12.1. The number of aromatic nitrogens is 2. The van der Waals surface area contributed by atoms with Crippen molar-refractivity contribution in [1.82, 2.24) is 14.5 Å². The number of benzene rings is 1. The highest BCUT2D eigenvalue weighted by Gasteiger charge is 2.33. The van der Waals surface area contributed by atoms with Gasteiger partial charge in [-0.15, -0.1) is 0 Å². The second-order valence-corrected chi connectivity index (χ2v) is 7.32. The highest BCUT2D eigenvalue weighted by Crippen LogP contribution is 2.35. The maximum absolute atomic E-state index is 14.0. The number of hydrogen-bond acceptors (Lipinski definition) is 3. The highest BCUT2D eigenvalue weighted by molar-refractivity contribution is 5.23. The molecule has 4 nitrogen and oxygen atoms in total. The molecule has 1 aromatic carbocycles. The largest absolute Gasteiger partial charge is 0.387 e.